The number of fused-ring (bicyclic) bond motifs is 1. The van der Waals surface area contributed by atoms with Crippen LogP contribution in [-0.4, -0.2) is 28.9 Å². The van der Waals surface area contributed by atoms with Crippen LogP contribution in [0.2, 0.25) is 0 Å². The van der Waals surface area contributed by atoms with E-state index in [0.717, 1.165) is 32.4 Å². The molecule has 1 atom stereocenters. The van der Waals surface area contributed by atoms with Crippen LogP contribution in [0.3, 0.4) is 0 Å². The number of likely N-dealkylation sites (tertiary alicyclic amines) is 1. The minimum Gasteiger partial charge on any atom is -0.342 e. The normalized spacial score (nSPS) is 24.4. The molecule has 3 rings (SSSR count). The minimum atomic E-state index is 0.219. The zero-order valence-electron chi connectivity index (χ0n) is 10.7. The number of amides is 1. The lowest BCUT2D eigenvalue weighted by molar-refractivity contribution is -0.135. The first kappa shape index (κ1) is 12.2. The third-order valence-electron chi connectivity index (χ3n) is 4.15. The number of aromatic nitrogens is 1. The maximum atomic E-state index is 12.5. The van der Waals surface area contributed by atoms with Crippen molar-refractivity contribution in [3.05, 3.63) is 16.1 Å². The van der Waals surface area contributed by atoms with Crippen molar-refractivity contribution in [1.29, 1.82) is 0 Å². The van der Waals surface area contributed by atoms with E-state index < -0.39 is 0 Å². The summed E-state index contributed by atoms with van der Waals surface area (Å²) in [7, 11) is 0. The number of aryl methyl sites for hydroxylation is 1. The lowest BCUT2D eigenvalue weighted by atomic mass is 9.90. The summed E-state index contributed by atoms with van der Waals surface area (Å²) in [6.45, 7) is 1.95. The molecule has 1 aliphatic carbocycles. The van der Waals surface area contributed by atoms with Gasteiger partial charge in [-0.05, 0) is 32.1 Å². The molecule has 3 nitrogen and oxygen atoms in total. The summed E-state index contributed by atoms with van der Waals surface area (Å²) in [6, 6.07) is 0. The van der Waals surface area contributed by atoms with E-state index in [9.17, 15) is 4.79 Å². The molecule has 1 amide bonds. The van der Waals surface area contributed by atoms with Gasteiger partial charge in [-0.15, -0.1) is 11.3 Å². The average molecular weight is 264 g/mol. The van der Waals surface area contributed by atoms with Gasteiger partial charge in [-0.25, -0.2) is 4.98 Å². The van der Waals surface area contributed by atoms with Crippen LogP contribution < -0.4 is 0 Å². The van der Waals surface area contributed by atoms with E-state index in [4.69, 9.17) is 0 Å². The van der Waals surface area contributed by atoms with Crippen molar-refractivity contribution < 1.29 is 4.79 Å². The van der Waals surface area contributed by atoms with Crippen LogP contribution in [0.4, 0.5) is 0 Å². The maximum absolute atomic E-state index is 12.5. The molecular weight excluding hydrogens is 244 g/mol. The largest absolute Gasteiger partial charge is 0.342 e. The topological polar surface area (TPSA) is 33.2 Å². The molecule has 0 aromatic carbocycles. The van der Waals surface area contributed by atoms with Gasteiger partial charge in [0.25, 0.3) is 0 Å². The molecule has 2 heterocycles. The molecule has 0 bridgehead atoms. The van der Waals surface area contributed by atoms with Crippen molar-refractivity contribution >= 4 is 17.2 Å². The van der Waals surface area contributed by atoms with Crippen molar-refractivity contribution in [2.75, 3.05) is 13.1 Å². The van der Waals surface area contributed by atoms with E-state index in [0.29, 0.717) is 5.91 Å². The molecule has 1 saturated heterocycles. The van der Waals surface area contributed by atoms with Gasteiger partial charge in [0.2, 0.25) is 5.91 Å². The van der Waals surface area contributed by atoms with Gasteiger partial charge in [-0.1, -0.05) is 12.8 Å². The van der Waals surface area contributed by atoms with Gasteiger partial charge in [0, 0.05) is 23.9 Å². The van der Waals surface area contributed by atoms with Crippen molar-refractivity contribution in [2.45, 2.75) is 44.9 Å². The summed E-state index contributed by atoms with van der Waals surface area (Å²) in [5, 5.41) is 0. The monoisotopic (exact) mass is 264 g/mol. The molecule has 4 heteroatoms. The van der Waals surface area contributed by atoms with Gasteiger partial charge in [0.1, 0.15) is 0 Å². The predicted octanol–water partition coefficient (Wildman–Crippen LogP) is 2.65. The van der Waals surface area contributed by atoms with Gasteiger partial charge in [-0.3, -0.25) is 4.79 Å². The number of nitrogens with zero attached hydrogens (tertiary/aromatic N) is 2. The summed E-state index contributed by atoms with van der Waals surface area (Å²) in [5.41, 5.74) is 3.16. The molecule has 18 heavy (non-hydrogen) atoms. The SMILES string of the molecule is O=C(C1CCc2ncsc2C1)N1CCCCCC1. The zero-order valence-corrected chi connectivity index (χ0v) is 11.5. The molecule has 0 radical (unpaired) electrons. The number of hydrogen-bond acceptors (Lipinski definition) is 3. The molecule has 1 fully saturated rings. The number of carbonyl (C=O) groups excluding carboxylic acids is 1. The Morgan fingerprint density at radius 2 is 2.06 bits per heavy atom. The van der Waals surface area contributed by atoms with Crippen molar-refractivity contribution in [3.63, 3.8) is 0 Å². The summed E-state index contributed by atoms with van der Waals surface area (Å²) >= 11 is 1.72. The quantitative estimate of drug-likeness (QED) is 0.781. The maximum Gasteiger partial charge on any atom is 0.226 e. The fraction of sp³-hybridized carbons (Fsp3) is 0.714. The Labute approximate surface area is 112 Å². The second kappa shape index (κ2) is 5.39. The second-order valence-electron chi connectivity index (χ2n) is 5.40. The number of thiazole rings is 1. The van der Waals surface area contributed by atoms with E-state index in [2.05, 4.69) is 9.88 Å². The fourth-order valence-corrected chi connectivity index (χ4v) is 3.96. The summed E-state index contributed by atoms with van der Waals surface area (Å²) in [5.74, 6) is 0.618. The Kier molecular flexibility index (Phi) is 3.64. The fourth-order valence-electron chi connectivity index (χ4n) is 3.06. The number of hydrogen-bond donors (Lipinski definition) is 0. The van der Waals surface area contributed by atoms with Gasteiger partial charge in [0.05, 0.1) is 11.2 Å². The van der Waals surface area contributed by atoms with Crippen LogP contribution in [-0.2, 0) is 17.6 Å². The van der Waals surface area contributed by atoms with Gasteiger partial charge in [-0.2, -0.15) is 0 Å². The van der Waals surface area contributed by atoms with E-state index in [1.54, 1.807) is 11.3 Å². The second-order valence-corrected chi connectivity index (χ2v) is 6.34. The summed E-state index contributed by atoms with van der Waals surface area (Å²) in [4.78, 5) is 20.4. The van der Waals surface area contributed by atoms with Crippen LogP contribution in [0.15, 0.2) is 5.51 Å². The van der Waals surface area contributed by atoms with E-state index >= 15 is 0 Å². The lowest BCUT2D eigenvalue weighted by Gasteiger charge is -2.28. The highest BCUT2D eigenvalue weighted by molar-refractivity contribution is 7.09. The smallest absolute Gasteiger partial charge is 0.226 e. The molecule has 1 aliphatic heterocycles. The number of rotatable bonds is 1. The van der Waals surface area contributed by atoms with Crippen molar-refractivity contribution in [3.8, 4) is 0 Å². The predicted molar refractivity (Wildman–Crippen MR) is 72.7 cm³/mol. The minimum absolute atomic E-state index is 0.219. The highest BCUT2D eigenvalue weighted by atomic mass is 32.1. The highest BCUT2D eigenvalue weighted by Gasteiger charge is 2.29. The van der Waals surface area contributed by atoms with Crippen LogP contribution in [0, 0.1) is 5.92 Å². The Morgan fingerprint density at radius 3 is 2.83 bits per heavy atom. The molecule has 1 aromatic heterocycles. The summed E-state index contributed by atoms with van der Waals surface area (Å²) in [6.07, 6.45) is 7.85. The van der Waals surface area contributed by atoms with Gasteiger partial charge >= 0.3 is 0 Å². The van der Waals surface area contributed by atoms with Crippen molar-refractivity contribution in [1.82, 2.24) is 9.88 Å². The molecule has 2 aliphatic rings. The Bertz CT molecular complexity index is 421. The standard InChI is InChI=1S/C14H20N2OS/c17-14(16-7-3-1-2-4-8-16)11-5-6-12-13(9-11)18-10-15-12/h10-11H,1-9H2. The molecule has 0 saturated carbocycles. The molecule has 1 unspecified atom stereocenters. The first-order valence-electron chi connectivity index (χ1n) is 7.04. The molecular formula is C14H20N2OS. The first-order valence-corrected chi connectivity index (χ1v) is 7.92. The molecule has 0 spiro atoms. The van der Waals surface area contributed by atoms with Crippen LogP contribution >= 0.6 is 11.3 Å². The molecule has 0 N–H and O–H groups in total. The first-order chi connectivity index (χ1) is 8.84. The van der Waals surface area contributed by atoms with Crippen LogP contribution in [0.5, 0.6) is 0 Å². The third-order valence-corrected chi connectivity index (χ3v) is 5.05. The molecule has 1 aromatic rings. The van der Waals surface area contributed by atoms with E-state index in [1.165, 1.54) is 36.3 Å². The van der Waals surface area contributed by atoms with E-state index in [1.807, 2.05) is 5.51 Å². The van der Waals surface area contributed by atoms with E-state index in [-0.39, 0.29) is 5.92 Å². The highest BCUT2D eigenvalue weighted by Crippen LogP contribution is 2.29. The summed E-state index contributed by atoms with van der Waals surface area (Å²) < 4.78 is 0. The average Bonchev–Trinajstić information content (AvgIpc) is 2.69. The van der Waals surface area contributed by atoms with Crippen LogP contribution in [0.25, 0.3) is 0 Å². The van der Waals surface area contributed by atoms with Crippen LogP contribution in [0.1, 0.15) is 42.7 Å². The number of carbonyl (C=O) groups is 1. The molecule has 98 valence electrons. The Hall–Kier alpha value is -0.900. The Balaban J connectivity index is 1.66. The van der Waals surface area contributed by atoms with Crippen molar-refractivity contribution in [2.24, 2.45) is 5.92 Å². The van der Waals surface area contributed by atoms with Gasteiger partial charge in [0.15, 0.2) is 0 Å². The Morgan fingerprint density at radius 1 is 1.28 bits per heavy atom. The lowest BCUT2D eigenvalue weighted by Crippen LogP contribution is -2.38. The third kappa shape index (κ3) is 2.44. The van der Waals surface area contributed by atoms with Gasteiger partial charge < -0.3 is 4.90 Å². The zero-order chi connectivity index (χ0) is 12.4.